The van der Waals surface area contributed by atoms with Gasteiger partial charge in [0.05, 0.1) is 11.1 Å². The van der Waals surface area contributed by atoms with Crippen LogP contribution in [0.25, 0.3) is 10.9 Å². The molecule has 0 spiro atoms. The topological polar surface area (TPSA) is 45.2 Å². The summed E-state index contributed by atoms with van der Waals surface area (Å²) in [6.45, 7) is 4.53. The second kappa shape index (κ2) is 4.97. The summed E-state index contributed by atoms with van der Waals surface area (Å²) < 4.78 is 0. The molecule has 1 aliphatic heterocycles. The second-order valence-electron chi connectivity index (χ2n) is 4.93. The molecule has 1 aliphatic rings. The summed E-state index contributed by atoms with van der Waals surface area (Å²) in [7, 11) is 0. The smallest absolute Gasteiger partial charge is 0.256 e. The molecule has 1 aromatic carbocycles. The van der Waals surface area contributed by atoms with Crippen molar-refractivity contribution in [2.75, 3.05) is 19.6 Å². The van der Waals surface area contributed by atoms with E-state index in [1.807, 2.05) is 35.2 Å². The van der Waals surface area contributed by atoms with E-state index in [4.69, 9.17) is 0 Å². The number of pyridine rings is 1. The number of hydrogen-bond acceptors (Lipinski definition) is 3. The Kier molecular flexibility index (Phi) is 3.17. The second-order valence-corrected chi connectivity index (χ2v) is 4.93. The van der Waals surface area contributed by atoms with Crippen LogP contribution in [0.1, 0.15) is 17.3 Å². The Labute approximate surface area is 112 Å². The zero-order valence-electron chi connectivity index (χ0n) is 11.0. The monoisotopic (exact) mass is 255 g/mol. The maximum Gasteiger partial charge on any atom is 0.256 e. The predicted molar refractivity (Wildman–Crippen MR) is 75.1 cm³/mol. The zero-order valence-corrected chi connectivity index (χ0v) is 11.0. The number of amides is 1. The highest BCUT2D eigenvalue weighted by molar-refractivity contribution is 6.05. The van der Waals surface area contributed by atoms with Gasteiger partial charge in [-0.05, 0) is 19.1 Å². The summed E-state index contributed by atoms with van der Waals surface area (Å²) in [4.78, 5) is 19.0. The first kappa shape index (κ1) is 12.1. The average Bonchev–Trinajstić information content (AvgIpc) is 2.46. The summed E-state index contributed by atoms with van der Waals surface area (Å²) in [6.07, 6.45) is 1.74. The van der Waals surface area contributed by atoms with E-state index in [1.54, 1.807) is 6.20 Å². The largest absolute Gasteiger partial charge is 0.333 e. The van der Waals surface area contributed by atoms with E-state index in [1.165, 1.54) is 0 Å². The van der Waals surface area contributed by atoms with Gasteiger partial charge >= 0.3 is 0 Å². The molecule has 0 saturated carbocycles. The molecule has 0 unspecified atom stereocenters. The minimum atomic E-state index is 0.0818. The number of para-hydroxylation sites is 1. The average molecular weight is 255 g/mol. The van der Waals surface area contributed by atoms with Crippen molar-refractivity contribution in [1.29, 1.82) is 0 Å². The Hall–Kier alpha value is -1.94. The molecule has 1 fully saturated rings. The molecule has 1 aromatic heterocycles. The Bertz CT molecular complexity index is 606. The van der Waals surface area contributed by atoms with Crippen molar-refractivity contribution >= 4 is 16.8 Å². The number of piperazine rings is 1. The first-order valence-corrected chi connectivity index (χ1v) is 6.63. The van der Waals surface area contributed by atoms with Gasteiger partial charge in [0.1, 0.15) is 0 Å². The number of fused-ring (bicyclic) bond motifs is 1. The van der Waals surface area contributed by atoms with Gasteiger partial charge in [-0.2, -0.15) is 0 Å². The molecule has 2 aromatic rings. The fraction of sp³-hybridized carbons (Fsp3) is 0.333. The number of rotatable bonds is 1. The van der Waals surface area contributed by atoms with Gasteiger partial charge in [0.25, 0.3) is 5.91 Å². The van der Waals surface area contributed by atoms with Crippen molar-refractivity contribution < 1.29 is 4.79 Å². The molecule has 0 bridgehead atoms. The van der Waals surface area contributed by atoms with Crippen LogP contribution in [0, 0.1) is 0 Å². The zero-order chi connectivity index (χ0) is 13.2. The number of benzene rings is 1. The number of hydrogen-bond donors (Lipinski definition) is 1. The van der Waals surface area contributed by atoms with Gasteiger partial charge in [-0.25, -0.2) is 0 Å². The third-order valence-corrected chi connectivity index (χ3v) is 3.63. The van der Waals surface area contributed by atoms with Crippen LogP contribution in [0.4, 0.5) is 0 Å². The molecular weight excluding hydrogens is 238 g/mol. The van der Waals surface area contributed by atoms with Gasteiger partial charge in [-0.1, -0.05) is 18.2 Å². The molecule has 4 heteroatoms. The lowest BCUT2D eigenvalue weighted by Crippen LogP contribution is -2.52. The van der Waals surface area contributed by atoms with E-state index in [-0.39, 0.29) is 11.9 Å². The van der Waals surface area contributed by atoms with Gasteiger partial charge in [-0.15, -0.1) is 0 Å². The third-order valence-electron chi connectivity index (χ3n) is 3.63. The molecule has 19 heavy (non-hydrogen) atoms. The molecule has 1 N–H and O–H groups in total. The molecule has 4 nitrogen and oxygen atoms in total. The van der Waals surface area contributed by atoms with Gasteiger partial charge in [0.15, 0.2) is 0 Å². The molecule has 0 aliphatic carbocycles. The predicted octanol–water partition coefficient (Wildman–Crippen LogP) is 1.67. The Balaban J connectivity index is 2.01. The fourth-order valence-electron chi connectivity index (χ4n) is 2.57. The number of aromatic nitrogens is 1. The van der Waals surface area contributed by atoms with Crippen LogP contribution >= 0.6 is 0 Å². The highest BCUT2D eigenvalue weighted by Crippen LogP contribution is 2.19. The van der Waals surface area contributed by atoms with Crippen LogP contribution in [0.15, 0.2) is 36.5 Å². The van der Waals surface area contributed by atoms with Crippen molar-refractivity contribution in [3.63, 3.8) is 0 Å². The quantitative estimate of drug-likeness (QED) is 0.843. The third kappa shape index (κ3) is 2.19. The minimum Gasteiger partial charge on any atom is -0.333 e. The van der Waals surface area contributed by atoms with Gasteiger partial charge in [0, 0.05) is 37.3 Å². The van der Waals surface area contributed by atoms with E-state index >= 15 is 0 Å². The summed E-state index contributed by atoms with van der Waals surface area (Å²) >= 11 is 0. The highest BCUT2D eigenvalue weighted by Gasteiger charge is 2.25. The van der Waals surface area contributed by atoms with E-state index < -0.39 is 0 Å². The summed E-state index contributed by atoms with van der Waals surface area (Å²) in [5.41, 5.74) is 1.49. The van der Waals surface area contributed by atoms with Crippen LogP contribution in [-0.4, -0.2) is 41.5 Å². The number of carbonyl (C=O) groups excluding carboxylic acids is 1. The highest BCUT2D eigenvalue weighted by atomic mass is 16.2. The van der Waals surface area contributed by atoms with Crippen LogP contribution < -0.4 is 5.32 Å². The van der Waals surface area contributed by atoms with Crippen LogP contribution in [0.5, 0.6) is 0 Å². The first-order chi connectivity index (χ1) is 9.27. The molecule has 1 atom stereocenters. The lowest BCUT2D eigenvalue weighted by molar-refractivity contribution is 0.0657. The van der Waals surface area contributed by atoms with Crippen molar-refractivity contribution in [2.45, 2.75) is 13.0 Å². The number of nitrogens with one attached hydrogen (secondary N) is 1. The lowest BCUT2D eigenvalue weighted by Gasteiger charge is -2.34. The normalized spacial score (nSPS) is 19.6. The van der Waals surface area contributed by atoms with E-state index in [0.717, 1.165) is 30.5 Å². The maximum atomic E-state index is 12.7. The minimum absolute atomic E-state index is 0.0818. The Morgan fingerprint density at radius 2 is 2.21 bits per heavy atom. The van der Waals surface area contributed by atoms with Crippen LogP contribution in [0.3, 0.4) is 0 Å². The van der Waals surface area contributed by atoms with E-state index in [9.17, 15) is 4.79 Å². The summed E-state index contributed by atoms with van der Waals surface area (Å²) in [5, 5.41) is 4.31. The van der Waals surface area contributed by atoms with Crippen molar-refractivity contribution in [1.82, 2.24) is 15.2 Å². The Morgan fingerprint density at radius 1 is 1.37 bits per heavy atom. The molecule has 2 heterocycles. The summed E-state index contributed by atoms with van der Waals surface area (Å²) in [5.74, 6) is 0.0818. The van der Waals surface area contributed by atoms with Crippen molar-refractivity contribution in [3.8, 4) is 0 Å². The fourth-order valence-corrected chi connectivity index (χ4v) is 2.57. The maximum absolute atomic E-state index is 12.7. The number of carbonyl (C=O) groups is 1. The standard InChI is InChI=1S/C15H17N3O/c1-11-10-16-8-9-18(11)15(19)13-6-2-4-12-5-3-7-17-14(12)13/h2-7,11,16H,8-10H2,1H3/t11-/m0/s1. The van der Waals surface area contributed by atoms with Crippen molar-refractivity contribution in [2.24, 2.45) is 0 Å². The molecule has 1 amide bonds. The Morgan fingerprint density at radius 3 is 3.05 bits per heavy atom. The SMILES string of the molecule is C[C@H]1CNCCN1C(=O)c1cccc2cccnc12. The van der Waals surface area contributed by atoms with Crippen LogP contribution in [0.2, 0.25) is 0 Å². The molecule has 3 rings (SSSR count). The number of nitrogens with zero attached hydrogens (tertiary/aromatic N) is 2. The van der Waals surface area contributed by atoms with E-state index in [0.29, 0.717) is 5.56 Å². The molecule has 0 radical (unpaired) electrons. The van der Waals surface area contributed by atoms with Gasteiger partial charge < -0.3 is 10.2 Å². The van der Waals surface area contributed by atoms with Gasteiger partial charge in [-0.3, -0.25) is 9.78 Å². The summed E-state index contributed by atoms with van der Waals surface area (Å²) in [6, 6.07) is 9.88. The molecular formula is C15H17N3O. The van der Waals surface area contributed by atoms with Crippen LogP contribution in [-0.2, 0) is 0 Å². The lowest BCUT2D eigenvalue weighted by atomic mass is 10.1. The molecule has 98 valence electrons. The van der Waals surface area contributed by atoms with Gasteiger partial charge in [0.2, 0.25) is 0 Å². The molecule has 1 saturated heterocycles. The first-order valence-electron chi connectivity index (χ1n) is 6.63. The van der Waals surface area contributed by atoms with E-state index in [2.05, 4.69) is 17.2 Å². The van der Waals surface area contributed by atoms with Crippen molar-refractivity contribution in [3.05, 3.63) is 42.1 Å².